The van der Waals surface area contributed by atoms with Crippen LogP contribution in [0.4, 0.5) is 5.69 Å². The molecule has 0 heterocycles. The number of hydrogen-bond donors (Lipinski definition) is 1. The zero-order valence-corrected chi connectivity index (χ0v) is 12.0. The number of nitriles is 1. The van der Waals surface area contributed by atoms with Crippen molar-refractivity contribution >= 4 is 5.69 Å². The molecule has 3 nitrogen and oxygen atoms in total. The molecule has 2 aromatic rings. The van der Waals surface area contributed by atoms with E-state index < -0.39 is 0 Å². The predicted octanol–water partition coefficient (Wildman–Crippen LogP) is 3.90. The average molecular weight is 266 g/mol. The highest BCUT2D eigenvalue weighted by molar-refractivity contribution is 5.47. The van der Waals surface area contributed by atoms with Gasteiger partial charge in [-0.05, 0) is 61.7 Å². The molecule has 2 rings (SSSR count). The quantitative estimate of drug-likeness (QED) is 0.857. The fourth-order valence-corrected chi connectivity index (χ4v) is 2.21. The van der Waals surface area contributed by atoms with Crippen molar-refractivity contribution in [2.24, 2.45) is 0 Å². The summed E-state index contributed by atoms with van der Waals surface area (Å²) in [6, 6.07) is 13.5. The molecule has 0 saturated heterocycles. The summed E-state index contributed by atoms with van der Waals surface area (Å²) in [6.07, 6.45) is -0.0686. The normalized spacial score (nSPS) is 11.7. The lowest BCUT2D eigenvalue weighted by Gasteiger charge is -2.19. The van der Waals surface area contributed by atoms with Crippen LogP contribution in [0.25, 0.3) is 0 Å². The SMILES string of the molecule is Cc1cc(C#N)cc(C)c1OC(C)c1ccc(N)cc1. The van der Waals surface area contributed by atoms with Crippen LogP contribution in [0.1, 0.15) is 35.3 Å². The number of nitrogens with zero attached hydrogens (tertiary/aromatic N) is 1. The van der Waals surface area contributed by atoms with E-state index in [-0.39, 0.29) is 6.10 Å². The van der Waals surface area contributed by atoms with Crippen LogP contribution in [-0.4, -0.2) is 0 Å². The number of aryl methyl sites for hydroxylation is 2. The molecule has 0 radical (unpaired) electrons. The first-order valence-electron chi connectivity index (χ1n) is 6.54. The minimum atomic E-state index is -0.0686. The molecule has 0 aliphatic carbocycles. The molecule has 102 valence electrons. The number of rotatable bonds is 3. The first-order valence-corrected chi connectivity index (χ1v) is 6.54. The topological polar surface area (TPSA) is 59.0 Å². The van der Waals surface area contributed by atoms with E-state index in [4.69, 9.17) is 15.7 Å². The van der Waals surface area contributed by atoms with Gasteiger partial charge in [0, 0.05) is 5.69 Å². The Morgan fingerprint density at radius 1 is 1.10 bits per heavy atom. The smallest absolute Gasteiger partial charge is 0.126 e. The predicted molar refractivity (Wildman–Crippen MR) is 80.5 cm³/mol. The molecule has 0 aromatic heterocycles. The van der Waals surface area contributed by atoms with Crippen LogP contribution in [-0.2, 0) is 0 Å². The molecular formula is C17H18N2O. The number of hydrogen-bond acceptors (Lipinski definition) is 3. The standard InChI is InChI=1S/C17H18N2O/c1-11-8-14(10-18)9-12(2)17(11)20-13(3)15-4-6-16(19)7-5-15/h4-9,13H,19H2,1-3H3. The second-order valence-corrected chi connectivity index (χ2v) is 4.98. The number of nitrogen functional groups attached to an aromatic ring is 1. The first kappa shape index (κ1) is 14.0. The molecule has 0 aliphatic rings. The summed E-state index contributed by atoms with van der Waals surface area (Å²) in [5.74, 6) is 0.841. The molecule has 0 fully saturated rings. The summed E-state index contributed by atoms with van der Waals surface area (Å²) in [5, 5.41) is 8.96. The molecule has 0 bridgehead atoms. The van der Waals surface area contributed by atoms with Crippen molar-refractivity contribution in [3.63, 3.8) is 0 Å². The van der Waals surface area contributed by atoms with Gasteiger partial charge in [-0.25, -0.2) is 0 Å². The van der Waals surface area contributed by atoms with Crippen LogP contribution < -0.4 is 10.5 Å². The van der Waals surface area contributed by atoms with E-state index in [9.17, 15) is 0 Å². The van der Waals surface area contributed by atoms with Gasteiger partial charge in [0.1, 0.15) is 11.9 Å². The average Bonchev–Trinajstić information content (AvgIpc) is 2.43. The fourth-order valence-electron chi connectivity index (χ4n) is 2.21. The molecule has 0 spiro atoms. The van der Waals surface area contributed by atoms with E-state index in [1.54, 1.807) is 0 Å². The minimum Gasteiger partial charge on any atom is -0.485 e. The van der Waals surface area contributed by atoms with Gasteiger partial charge < -0.3 is 10.5 Å². The Balaban J connectivity index is 2.26. The summed E-state index contributed by atoms with van der Waals surface area (Å²) in [4.78, 5) is 0. The van der Waals surface area contributed by atoms with Crippen LogP contribution in [0.15, 0.2) is 36.4 Å². The molecule has 2 N–H and O–H groups in total. The van der Waals surface area contributed by atoms with Crippen LogP contribution in [0, 0.1) is 25.2 Å². The van der Waals surface area contributed by atoms with Crippen molar-refractivity contribution in [3.8, 4) is 11.8 Å². The Bertz CT molecular complexity index is 631. The lowest BCUT2D eigenvalue weighted by Crippen LogP contribution is -2.05. The van der Waals surface area contributed by atoms with E-state index in [0.717, 1.165) is 28.1 Å². The van der Waals surface area contributed by atoms with Crippen molar-refractivity contribution < 1.29 is 4.74 Å². The molecule has 0 aliphatic heterocycles. The molecular weight excluding hydrogens is 248 g/mol. The zero-order valence-electron chi connectivity index (χ0n) is 12.0. The Labute approximate surface area is 119 Å². The third-order valence-corrected chi connectivity index (χ3v) is 3.29. The minimum absolute atomic E-state index is 0.0686. The van der Waals surface area contributed by atoms with Crippen LogP contribution in [0.5, 0.6) is 5.75 Å². The number of ether oxygens (including phenoxy) is 1. The van der Waals surface area contributed by atoms with Gasteiger partial charge in [-0.15, -0.1) is 0 Å². The van der Waals surface area contributed by atoms with Crippen molar-refractivity contribution in [1.82, 2.24) is 0 Å². The highest BCUT2D eigenvalue weighted by Crippen LogP contribution is 2.29. The maximum absolute atomic E-state index is 8.96. The van der Waals surface area contributed by atoms with Crippen LogP contribution in [0.2, 0.25) is 0 Å². The maximum atomic E-state index is 8.96. The Morgan fingerprint density at radius 3 is 2.15 bits per heavy atom. The third kappa shape index (κ3) is 2.92. The molecule has 1 atom stereocenters. The number of nitrogens with two attached hydrogens (primary N) is 1. The van der Waals surface area contributed by atoms with Crippen molar-refractivity contribution in [2.45, 2.75) is 26.9 Å². The van der Waals surface area contributed by atoms with Gasteiger partial charge in [0.2, 0.25) is 0 Å². The lowest BCUT2D eigenvalue weighted by atomic mass is 10.1. The zero-order chi connectivity index (χ0) is 14.7. The molecule has 0 amide bonds. The summed E-state index contributed by atoms with van der Waals surface area (Å²) in [6.45, 7) is 5.92. The number of benzene rings is 2. The van der Waals surface area contributed by atoms with Crippen LogP contribution in [0.3, 0.4) is 0 Å². The Morgan fingerprint density at radius 2 is 1.65 bits per heavy atom. The highest BCUT2D eigenvalue weighted by Gasteiger charge is 2.12. The van der Waals surface area contributed by atoms with E-state index in [2.05, 4.69) is 6.07 Å². The van der Waals surface area contributed by atoms with Crippen molar-refractivity contribution in [2.75, 3.05) is 5.73 Å². The van der Waals surface area contributed by atoms with Gasteiger partial charge in [-0.2, -0.15) is 5.26 Å². The van der Waals surface area contributed by atoms with Gasteiger partial charge in [0.25, 0.3) is 0 Å². The highest BCUT2D eigenvalue weighted by atomic mass is 16.5. The Hall–Kier alpha value is -2.47. The van der Waals surface area contributed by atoms with E-state index in [1.165, 1.54) is 0 Å². The molecule has 0 saturated carbocycles. The summed E-state index contributed by atoms with van der Waals surface area (Å²) in [5.41, 5.74) is 10.1. The maximum Gasteiger partial charge on any atom is 0.126 e. The van der Waals surface area contributed by atoms with Gasteiger partial charge in [-0.1, -0.05) is 12.1 Å². The van der Waals surface area contributed by atoms with Gasteiger partial charge in [0.05, 0.1) is 11.6 Å². The molecule has 1 unspecified atom stereocenters. The van der Waals surface area contributed by atoms with E-state index >= 15 is 0 Å². The molecule has 3 heteroatoms. The fraction of sp³-hybridized carbons (Fsp3) is 0.235. The second-order valence-electron chi connectivity index (χ2n) is 4.98. The molecule has 2 aromatic carbocycles. The van der Waals surface area contributed by atoms with Crippen molar-refractivity contribution in [3.05, 3.63) is 58.7 Å². The first-order chi connectivity index (χ1) is 9.51. The lowest BCUT2D eigenvalue weighted by molar-refractivity contribution is 0.224. The summed E-state index contributed by atoms with van der Waals surface area (Å²) < 4.78 is 6.05. The van der Waals surface area contributed by atoms with Crippen LogP contribution >= 0.6 is 0 Å². The van der Waals surface area contributed by atoms with E-state index in [1.807, 2.05) is 57.2 Å². The summed E-state index contributed by atoms with van der Waals surface area (Å²) in [7, 11) is 0. The van der Waals surface area contributed by atoms with Gasteiger partial charge >= 0.3 is 0 Å². The summed E-state index contributed by atoms with van der Waals surface area (Å²) >= 11 is 0. The van der Waals surface area contributed by atoms with Gasteiger partial charge in [0.15, 0.2) is 0 Å². The monoisotopic (exact) mass is 266 g/mol. The second kappa shape index (κ2) is 5.66. The third-order valence-electron chi connectivity index (χ3n) is 3.29. The van der Waals surface area contributed by atoms with Crippen molar-refractivity contribution in [1.29, 1.82) is 5.26 Å². The molecule has 20 heavy (non-hydrogen) atoms. The van der Waals surface area contributed by atoms with Gasteiger partial charge in [-0.3, -0.25) is 0 Å². The van der Waals surface area contributed by atoms with E-state index in [0.29, 0.717) is 5.56 Å². The number of anilines is 1. The largest absolute Gasteiger partial charge is 0.485 e. The Kier molecular flexibility index (Phi) is 3.95.